The molecule has 0 aromatic heterocycles. The summed E-state index contributed by atoms with van der Waals surface area (Å²) >= 11 is 0. The lowest BCUT2D eigenvalue weighted by molar-refractivity contribution is 0.0794. The summed E-state index contributed by atoms with van der Waals surface area (Å²) < 4.78 is 0. The van der Waals surface area contributed by atoms with E-state index in [0.29, 0.717) is 11.3 Å². The van der Waals surface area contributed by atoms with Gasteiger partial charge in [-0.1, -0.05) is 11.6 Å². The predicted octanol–water partition coefficient (Wildman–Crippen LogP) is 1.81. The molecule has 3 nitrogen and oxygen atoms in total. The van der Waals surface area contributed by atoms with Gasteiger partial charge in [-0.3, -0.25) is 4.79 Å². The van der Waals surface area contributed by atoms with Gasteiger partial charge in [0.1, 0.15) is 0 Å². The fraction of sp³-hybridized carbons (Fsp3) is 0.417. The van der Waals surface area contributed by atoms with E-state index < -0.39 is 0 Å². The Balaban J connectivity index is 2.27. The number of carbonyl (C=O) groups is 1. The highest BCUT2D eigenvalue weighted by molar-refractivity contribution is 5.99. The Bertz CT molecular complexity index is 381. The Labute approximate surface area is 89.9 Å². The molecular formula is C12H16N2O. The minimum absolute atomic E-state index is 0.0775. The summed E-state index contributed by atoms with van der Waals surface area (Å²) in [6.45, 7) is 3.71. The van der Waals surface area contributed by atoms with Crippen LogP contribution in [0.4, 0.5) is 5.69 Å². The monoisotopic (exact) mass is 204 g/mol. The summed E-state index contributed by atoms with van der Waals surface area (Å²) in [6.07, 6.45) is 2.22. The van der Waals surface area contributed by atoms with E-state index in [1.807, 2.05) is 24.0 Å². The summed E-state index contributed by atoms with van der Waals surface area (Å²) in [5.41, 5.74) is 8.12. The number of nitrogens with zero attached hydrogens (tertiary/aromatic N) is 1. The van der Waals surface area contributed by atoms with Gasteiger partial charge in [0.15, 0.2) is 0 Å². The van der Waals surface area contributed by atoms with Crippen LogP contribution in [0.3, 0.4) is 0 Å². The Kier molecular flexibility index (Phi) is 2.62. The number of likely N-dealkylation sites (tertiary alicyclic amines) is 1. The number of hydrogen-bond acceptors (Lipinski definition) is 2. The SMILES string of the molecule is Cc1ccc(N)c(C(=O)N2CCCC2)c1. The second kappa shape index (κ2) is 3.93. The van der Waals surface area contributed by atoms with E-state index in [1.165, 1.54) is 0 Å². The highest BCUT2D eigenvalue weighted by atomic mass is 16.2. The summed E-state index contributed by atoms with van der Waals surface area (Å²) in [6, 6.07) is 5.60. The van der Waals surface area contributed by atoms with Crippen LogP contribution in [-0.2, 0) is 0 Å². The number of hydrogen-bond donors (Lipinski definition) is 1. The molecular weight excluding hydrogens is 188 g/mol. The maximum Gasteiger partial charge on any atom is 0.255 e. The number of nitrogens with two attached hydrogens (primary N) is 1. The van der Waals surface area contributed by atoms with E-state index in [4.69, 9.17) is 5.73 Å². The molecule has 1 saturated heterocycles. The van der Waals surface area contributed by atoms with Gasteiger partial charge in [0.05, 0.1) is 5.56 Å². The maximum atomic E-state index is 12.1. The number of amides is 1. The van der Waals surface area contributed by atoms with Gasteiger partial charge in [0.2, 0.25) is 0 Å². The molecule has 1 aliphatic rings. The zero-order valence-electron chi connectivity index (χ0n) is 8.99. The van der Waals surface area contributed by atoms with Crippen molar-refractivity contribution < 1.29 is 4.79 Å². The van der Waals surface area contributed by atoms with Crippen molar-refractivity contribution in [1.29, 1.82) is 0 Å². The van der Waals surface area contributed by atoms with E-state index in [0.717, 1.165) is 31.5 Å². The molecule has 2 N–H and O–H groups in total. The lowest BCUT2D eigenvalue weighted by Gasteiger charge is -2.16. The van der Waals surface area contributed by atoms with Crippen molar-refractivity contribution in [2.45, 2.75) is 19.8 Å². The van der Waals surface area contributed by atoms with Gasteiger partial charge in [-0.15, -0.1) is 0 Å². The van der Waals surface area contributed by atoms with Crippen LogP contribution < -0.4 is 5.73 Å². The number of aryl methyl sites for hydroxylation is 1. The first-order chi connectivity index (χ1) is 7.18. The number of nitrogen functional groups attached to an aromatic ring is 1. The van der Waals surface area contributed by atoms with Crippen molar-refractivity contribution in [3.05, 3.63) is 29.3 Å². The lowest BCUT2D eigenvalue weighted by Crippen LogP contribution is -2.28. The third-order valence-corrected chi connectivity index (χ3v) is 2.83. The number of rotatable bonds is 1. The number of anilines is 1. The molecule has 1 aromatic carbocycles. The summed E-state index contributed by atoms with van der Waals surface area (Å²) in [7, 11) is 0. The molecule has 0 unspecified atom stereocenters. The van der Waals surface area contributed by atoms with Crippen molar-refractivity contribution in [2.24, 2.45) is 0 Å². The Morgan fingerprint density at radius 1 is 1.33 bits per heavy atom. The van der Waals surface area contributed by atoms with Crippen LogP contribution in [0.15, 0.2) is 18.2 Å². The molecule has 3 heteroatoms. The molecule has 15 heavy (non-hydrogen) atoms. The topological polar surface area (TPSA) is 46.3 Å². The van der Waals surface area contributed by atoms with Crippen LogP contribution in [0.2, 0.25) is 0 Å². The Morgan fingerprint density at radius 3 is 2.67 bits per heavy atom. The standard InChI is InChI=1S/C12H16N2O/c1-9-4-5-11(13)10(8-9)12(15)14-6-2-3-7-14/h4-5,8H,2-3,6-7,13H2,1H3. The largest absolute Gasteiger partial charge is 0.398 e. The minimum atomic E-state index is 0.0775. The predicted molar refractivity (Wildman–Crippen MR) is 60.7 cm³/mol. The van der Waals surface area contributed by atoms with E-state index in [2.05, 4.69) is 0 Å². The molecule has 0 atom stereocenters. The van der Waals surface area contributed by atoms with Gasteiger partial charge < -0.3 is 10.6 Å². The molecule has 80 valence electrons. The Morgan fingerprint density at radius 2 is 2.00 bits per heavy atom. The molecule has 0 saturated carbocycles. The molecule has 0 radical (unpaired) electrons. The van der Waals surface area contributed by atoms with Crippen molar-refractivity contribution in [2.75, 3.05) is 18.8 Å². The smallest absolute Gasteiger partial charge is 0.255 e. The van der Waals surface area contributed by atoms with Gasteiger partial charge in [0.25, 0.3) is 5.91 Å². The zero-order valence-corrected chi connectivity index (χ0v) is 8.99. The third-order valence-electron chi connectivity index (χ3n) is 2.83. The van der Waals surface area contributed by atoms with Crippen molar-refractivity contribution >= 4 is 11.6 Å². The molecule has 0 bridgehead atoms. The fourth-order valence-electron chi connectivity index (χ4n) is 1.95. The first-order valence-corrected chi connectivity index (χ1v) is 5.34. The van der Waals surface area contributed by atoms with Crippen LogP contribution in [0, 0.1) is 6.92 Å². The maximum absolute atomic E-state index is 12.1. The molecule has 0 spiro atoms. The molecule has 1 heterocycles. The quantitative estimate of drug-likeness (QED) is 0.709. The molecule has 1 aliphatic heterocycles. The van der Waals surface area contributed by atoms with Crippen molar-refractivity contribution in [1.82, 2.24) is 4.90 Å². The average molecular weight is 204 g/mol. The van der Waals surface area contributed by atoms with Crippen LogP contribution >= 0.6 is 0 Å². The van der Waals surface area contributed by atoms with E-state index in [1.54, 1.807) is 6.07 Å². The van der Waals surface area contributed by atoms with Gasteiger partial charge in [-0.05, 0) is 31.9 Å². The Hall–Kier alpha value is -1.51. The molecule has 1 amide bonds. The number of carbonyl (C=O) groups excluding carboxylic acids is 1. The average Bonchev–Trinajstić information content (AvgIpc) is 2.74. The normalized spacial score (nSPS) is 15.7. The molecule has 1 fully saturated rings. The van der Waals surface area contributed by atoms with Crippen molar-refractivity contribution in [3.8, 4) is 0 Å². The van der Waals surface area contributed by atoms with Gasteiger partial charge >= 0.3 is 0 Å². The lowest BCUT2D eigenvalue weighted by atomic mass is 10.1. The van der Waals surface area contributed by atoms with E-state index in [9.17, 15) is 4.79 Å². The fourth-order valence-corrected chi connectivity index (χ4v) is 1.95. The second-order valence-corrected chi connectivity index (χ2v) is 4.09. The third kappa shape index (κ3) is 1.96. The summed E-state index contributed by atoms with van der Waals surface area (Å²) in [4.78, 5) is 13.9. The molecule has 2 rings (SSSR count). The summed E-state index contributed by atoms with van der Waals surface area (Å²) in [5.74, 6) is 0.0775. The zero-order chi connectivity index (χ0) is 10.8. The first-order valence-electron chi connectivity index (χ1n) is 5.34. The molecule has 0 aliphatic carbocycles. The molecule has 1 aromatic rings. The van der Waals surface area contributed by atoms with Crippen LogP contribution in [0.25, 0.3) is 0 Å². The van der Waals surface area contributed by atoms with Gasteiger partial charge in [-0.2, -0.15) is 0 Å². The minimum Gasteiger partial charge on any atom is -0.398 e. The first kappa shape index (κ1) is 10.0. The van der Waals surface area contributed by atoms with Crippen LogP contribution in [0.5, 0.6) is 0 Å². The van der Waals surface area contributed by atoms with Gasteiger partial charge in [-0.25, -0.2) is 0 Å². The number of benzene rings is 1. The van der Waals surface area contributed by atoms with Crippen LogP contribution in [0.1, 0.15) is 28.8 Å². The highest BCUT2D eigenvalue weighted by Crippen LogP contribution is 2.18. The van der Waals surface area contributed by atoms with Crippen LogP contribution in [-0.4, -0.2) is 23.9 Å². The van der Waals surface area contributed by atoms with Gasteiger partial charge in [0, 0.05) is 18.8 Å². The highest BCUT2D eigenvalue weighted by Gasteiger charge is 2.20. The summed E-state index contributed by atoms with van der Waals surface area (Å²) in [5, 5.41) is 0. The van der Waals surface area contributed by atoms with Crippen molar-refractivity contribution in [3.63, 3.8) is 0 Å². The van der Waals surface area contributed by atoms with E-state index >= 15 is 0 Å². The van der Waals surface area contributed by atoms with E-state index in [-0.39, 0.29) is 5.91 Å². The second-order valence-electron chi connectivity index (χ2n) is 4.09.